The fourth-order valence-corrected chi connectivity index (χ4v) is 3.78. The highest BCUT2D eigenvalue weighted by Gasteiger charge is 2.45. The van der Waals surface area contributed by atoms with Crippen LogP contribution in [0.4, 0.5) is 0 Å². The number of hydrogen-bond acceptors (Lipinski definition) is 4. The summed E-state index contributed by atoms with van der Waals surface area (Å²) < 4.78 is 5.62. The number of unbranched alkanes of at least 4 members (excludes halogenated alkanes) is 1. The van der Waals surface area contributed by atoms with Crippen molar-refractivity contribution in [3.8, 4) is 5.75 Å². The molecule has 2 aromatic rings. The lowest BCUT2D eigenvalue weighted by atomic mass is 9.94. The summed E-state index contributed by atoms with van der Waals surface area (Å²) in [6.45, 7) is 6.97. The zero-order valence-electron chi connectivity index (χ0n) is 17.9. The maximum atomic E-state index is 13.0. The molecule has 1 N–H and O–H groups in total. The highest BCUT2D eigenvalue weighted by atomic mass is 16.5. The van der Waals surface area contributed by atoms with Gasteiger partial charge in [-0.15, -0.1) is 0 Å². The number of carbonyl (C=O) groups is 2. The molecule has 1 fully saturated rings. The molecule has 1 heterocycles. The Hall–Kier alpha value is -3.08. The van der Waals surface area contributed by atoms with E-state index in [2.05, 4.69) is 6.92 Å². The van der Waals surface area contributed by atoms with Gasteiger partial charge < -0.3 is 14.7 Å². The number of ketones is 1. The predicted octanol–water partition coefficient (Wildman–Crippen LogP) is 4.87. The average molecular weight is 408 g/mol. The number of aliphatic hydroxyl groups is 1. The van der Waals surface area contributed by atoms with E-state index in [1.807, 2.05) is 50.2 Å². The van der Waals surface area contributed by atoms with Crippen molar-refractivity contribution in [3.63, 3.8) is 0 Å². The highest BCUT2D eigenvalue weighted by Crippen LogP contribution is 2.40. The largest absolute Gasteiger partial charge is 0.507 e. The normalized spacial score (nSPS) is 18.1. The van der Waals surface area contributed by atoms with E-state index in [0.29, 0.717) is 24.5 Å². The molecule has 2 aromatic carbocycles. The van der Waals surface area contributed by atoms with Gasteiger partial charge in [-0.3, -0.25) is 9.59 Å². The van der Waals surface area contributed by atoms with Crippen LogP contribution >= 0.6 is 0 Å². The first-order valence-electron chi connectivity index (χ1n) is 10.6. The van der Waals surface area contributed by atoms with E-state index >= 15 is 0 Å². The van der Waals surface area contributed by atoms with Crippen LogP contribution in [0.3, 0.4) is 0 Å². The van der Waals surface area contributed by atoms with Crippen LogP contribution in [0.15, 0.2) is 54.1 Å². The summed E-state index contributed by atoms with van der Waals surface area (Å²) in [5.74, 6) is -0.679. The Labute approximate surface area is 178 Å². The minimum Gasteiger partial charge on any atom is -0.507 e. The summed E-state index contributed by atoms with van der Waals surface area (Å²) in [5, 5.41) is 11.1. The van der Waals surface area contributed by atoms with Crippen LogP contribution in [-0.4, -0.2) is 34.8 Å². The minimum atomic E-state index is -0.644. The molecule has 1 unspecified atom stereocenters. The van der Waals surface area contributed by atoms with Crippen molar-refractivity contribution in [1.29, 1.82) is 0 Å². The average Bonchev–Trinajstić information content (AvgIpc) is 3.02. The van der Waals surface area contributed by atoms with Gasteiger partial charge in [-0.2, -0.15) is 0 Å². The molecule has 5 nitrogen and oxygen atoms in total. The maximum Gasteiger partial charge on any atom is 0.295 e. The molecular weight excluding hydrogens is 378 g/mol. The zero-order valence-corrected chi connectivity index (χ0v) is 17.9. The predicted molar refractivity (Wildman–Crippen MR) is 117 cm³/mol. The molecule has 1 aliphatic heterocycles. The lowest BCUT2D eigenvalue weighted by Gasteiger charge is -2.25. The second-order valence-corrected chi connectivity index (χ2v) is 7.40. The lowest BCUT2D eigenvalue weighted by molar-refractivity contribution is -0.139. The molecule has 0 saturated carbocycles. The molecule has 158 valence electrons. The molecule has 1 amide bonds. The zero-order chi connectivity index (χ0) is 21.7. The fraction of sp³-hybridized carbons (Fsp3) is 0.360. The van der Waals surface area contributed by atoms with Crippen molar-refractivity contribution in [2.45, 2.75) is 46.1 Å². The molecule has 5 heteroatoms. The van der Waals surface area contributed by atoms with E-state index in [0.717, 1.165) is 30.4 Å². The Bertz CT molecular complexity index is 946. The summed E-state index contributed by atoms with van der Waals surface area (Å²) in [5.41, 5.74) is 2.56. The van der Waals surface area contributed by atoms with Crippen molar-refractivity contribution in [2.24, 2.45) is 0 Å². The van der Waals surface area contributed by atoms with Crippen LogP contribution in [0, 0.1) is 0 Å². The quantitative estimate of drug-likeness (QED) is 0.385. The number of nitrogens with zero attached hydrogens (tertiary/aromatic N) is 1. The molecule has 0 radical (unpaired) electrons. The van der Waals surface area contributed by atoms with Gasteiger partial charge in [-0.1, -0.05) is 56.7 Å². The number of carbonyl (C=O) groups excluding carboxylic acids is 2. The van der Waals surface area contributed by atoms with Crippen molar-refractivity contribution >= 4 is 17.4 Å². The van der Waals surface area contributed by atoms with E-state index in [1.54, 1.807) is 17.0 Å². The molecule has 3 rings (SSSR count). The van der Waals surface area contributed by atoms with Gasteiger partial charge in [0.1, 0.15) is 11.5 Å². The number of amides is 1. The van der Waals surface area contributed by atoms with E-state index in [9.17, 15) is 14.7 Å². The number of benzene rings is 2. The summed E-state index contributed by atoms with van der Waals surface area (Å²) in [6.07, 6.45) is 2.56. The van der Waals surface area contributed by atoms with Crippen LogP contribution in [0.1, 0.15) is 56.3 Å². The first-order chi connectivity index (χ1) is 14.5. The van der Waals surface area contributed by atoms with Crippen LogP contribution in [0.2, 0.25) is 0 Å². The molecule has 1 saturated heterocycles. The van der Waals surface area contributed by atoms with Gasteiger partial charge in [0, 0.05) is 12.1 Å². The van der Waals surface area contributed by atoms with E-state index < -0.39 is 17.7 Å². The monoisotopic (exact) mass is 407 g/mol. The maximum absolute atomic E-state index is 13.0. The number of hydrogen-bond donors (Lipinski definition) is 1. The fourth-order valence-electron chi connectivity index (χ4n) is 3.78. The van der Waals surface area contributed by atoms with Crippen molar-refractivity contribution in [1.82, 2.24) is 4.90 Å². The summed E-state index contributed by atoms with van der Waals surface area (Å²) in [6, 6.07) is 14.2. The minimum absolute atomic E-state index is 0.133. The van der Waals surface area contributed by atoms with Crippen molar-refractivity contribution in [3.05, 3.63) is 70.8 Å². The SMILES string of the molecule is CCCCN1C(=O)C(=O)/C(=C(\O)c2ccc(CC)cc2)C1c1cccc(OCC)c1. The number of likely N-dealkylation sites (tertiary alicyclic amines) is 1. The van der Waals surface area contributed by atoms with Gasteiger partial charge in [0.25, 0.3) is 11.7 Å². The van der Waals surface area contributed by atoms with Gasteiger partial charge in [0.2, 0.25) is 0 Å². The molecule has 0 aliphatic carbocycles. The molecule has 1 aliphatic rings. The number of ether oxygens (including phenoxy) is 1. The Morgan fingerprint density at radius 3 is 2.43 bits per heavy atom. The summed E-state index contributed by atoms with van der Waals surface area (Å²) in [7, 11) is 0. The standard InChI is InChI=1S/C25H29NO4/c1-4-7-15-26-22(19-9-8-10-20(16-19)30-6-3)21(24(28)25(26)29)23(27)18-13-11-17(5-2)12-14-18/h8-14,16,22,27H,4-7,15H2,1-3H3/b23-21-. The van der Waals surface area contributed by atoms with Gasteiger partial charge in [-0.05, 0) is 43.0 Å². The first-order valence-corrected chi connectivity index (χ1v) is 10.6. The highest BCUT2D eigenvalue weighted by molar-refractivity contribution is 6.46. The summed E-state index contributed by atoms with van der Waals surface area (Å²) >= 11 is 0. The molecular formula is C25H29NO4. The van der Waals surface area contributed by atoms with Crippen LogP contribution in [0.25, 0.3) is 5.76 Å². The third-order valence-corrected chi connectivity index (χ3v) is 5.41. The number of aliphatic hydroxyl groups excluding tert-OH is 1. The van der Waals surface area contributed by atoms with Crippen LogP contribution in [-0.2, 0) is 16.0 Å². The van der Waals surface area contributed by atoms with Crippen LogP contribution in [0.5, 0.6) is 5.75 Å². The Kier molecular flexibility index (Phi) is 6.93. The van der Waals surface area contributed by atoms with Gasteiger partial charge in [0.05, 0.1) is 18.2 Å². The summed E-state index contributed by atoms with van der Waals surface area (Å²) in [4.78, 5) is 27.4. The molecule has 0 spiro atoms. The van der Waals surface area contributed by atoms with Gasteiger partial charge in [0.15, 0.2) is 0 Å². The third-order valence-electron chi connectivity index (χ3n) is 5.41. The molecule has 1 atom stereocenters. The van der Waals surface area contributed by atoms with Crippen molar-refractivity contribution in [2.75, 3.05) is 13.2 Å². The topological polar surface area (TPSA) is 66.8 Å². The Balaban J connectivity index is 2.13. The van der Waals surface area contributed by atoms with Gasteiger partial charge >= 0.3 is 0 Å². The van der Waals surface area contributed by atoms with Crippen LogP contribution < -0.4 is 4.74 Å². The molecule has 0 aromatic heterocycles. The second kappa shape index (κ2) is 9.61. The number of rotatable bonds is 8. The van der Waals surface area contributed by atoms with E-state index in [-0.39, 0.29) is 11.3 Å². The van der Waals surface area contributed by atoms with Gasteiger partial charge in [-0.25, -0.2) is 0 Å². The number of aryl methyl sites for hydroxylation is 1. The molecule has 30 heavy (non-hydrogen) atoms. The molecule has 0 bridgehead atoms. The smallest absolute Gasteiger partial charge is 0.295 e. The third kappa shape index (κ3) is 4.25. The van der Waals surface area contributed by atoms with E-state index in [1.165, 1.54) is 0 Å². The second-order valence-electron chi connectivity index (χ2n) is 7.40. The van der Waals surface area contributed by atoms with E-state index in [4.69, 9.17) is 4.74 Å². The lowest BCUT2D eigenvalue weighted by Crippen LogP contribution is -2.30. The van der Waals surface area contributed by atoms with Crippen molar-refractivity contribution < 1.29 is 19.4 Å². The first kappa shape index (κ1) is 21.6. The number of Topliss-reactive ketones (excluding diaryl/α,β-unsaturated/α-hetero) is 1. The Morgan fingerprint density at radius 2 is 1.80 bits per heavy atom. The Morgan fingerprint density at radius 1 is 1.07 bits per heavy atom.